The maximum atomic E-state index is 14.4. The van der Waals surface area contributed by atoms with Crippen LogP contribution in [0.15, 0.2) is 11.6 Å². The molecule has 3 saturated carbocycles. The summed E-state index contributed by atoms with van der Waals surface area (Å²) >= 11 is 13.7. The van der Waals surface area contributed by atoms with Crippen molar-refractivity contribution in [3.05, 3.63) is 11.6 Å². The lowest BCUT2D eigenvalue weighted by atomic mass is 9.48. The number of ketones is 2. The Morgan fingerprint density at radius 1 is 0.980 bits per heavy atom. The van der Waals surface area contributed by atoms with E-state index >= 15 is 0 Å². The molecule has 0 amide bonds. The third kappa shape index (κ3) is 6.60. The fraction of sp³-hybridized carbons (Fsp3) is 0.838. The van der Waals surface area contributed by atoms with Crippen molar-refractivity contribution >= 4 is 46.7 Å². The monoisotopic (exact) mass is 742 g/mol. The molecule has 2 aliphatic heterocycles. The molecule has 0 spiro atoms. The fourth-order valence-electron chi connectivity index (χ4n) is 10.4. The highest BCUT2D eigenvalue weighted by Gasteiger charge is 2.73. The van der Waals surface area contributed by atoms with Gasteiger partial charge in [0, 0.05) is 46.0 Å². The van der Waals surface area contributed by atoms with E-state index in [1.807, 2.05) is 19.9 Å². The third-order valence-electron chi connectivity index (χ3n) is 12.7. The number of halogens is 2. The summed E-state index contributed by atoms with van der Waals surface area (Å²) in [6, 6.07) is 0. The lowest BCUT2D eigenvalue weighted by Crippen LogP contribution is -2.66. The molecule has 3 unspecified atom stereocenters. The van der Waals surface area contributed by atoms with Gasteiger partial charge >= 0.3 is 11.9 Å². The van der Waals surface area contributed by atoms with Crippen LogP contribution in [0.3, 0.4) is 0 Å². The predicted octanol–water partition coefficient (Wildman–Crippen LogP) is 5.01. The first-order valence-electron chi connectivity index (χ1n) is 18.2. The van der Waals surface area contributed by atoms with Crippen molar-refractivity contribution in [1.29, 1.82) is 0 Å². The molecule has 4 aliphatic carbocycles. The molecule has 16 atom stereocenters. The van der Waals surface area contributed by atoms with Crippen molar-refractivity contribution in [3.8, 4) is 0 Å². The number of carbonyl (C=O) groups excluding carboxylic acids is 4. The molecule has 280 valence electrons. The average Bonchev–Trinajstić information content (AvgIpc) is 3.65. The van der Waals surface area contributed by atoms with Crippen LogP contribution >= 0.6 is 23.2 Å². The van der Waals surface area contributed by atoms with E-state index in [1.165, 1.54) is 6.92 Å². The van der Waals surface area contributed by atoms with Crippen LogP contribution in [0, 0.1) is 47.3 Å². The van der Waals surface area contributed by atoms with E-state index < -0.39 is 58.6 Å². The maximum absolute atomic E-state index is 14.4. The van der Waals surface area contributed by atoms with E-state index in [0.717, 1.165) is 0 Å². The zero-order chi connectivity index (χ0) is 36.2. The Hall–Kier alpha value is -1.60. The van der Waals surface area contributed by atoms with E-state index in [9.17, 15) is 19.2 Å². The van der Waals surface area contributed by atoms with Crippen LogP contribution in [0.2, 0.25) is 0 Å². The van der Waals surface area contributed by atoms with Crippen LogP contribution in [0.1, 0.15) is 72.6 Å². The standard InChI is InChI=1S/C37H52Cl2O11/c1-8-19-10-9-11-26(48-18(4)40)16(2)31(42)25-14-23-21-12-20(50-36-34(46-7)33(45-6)32(44-5)17(3)47-36)13-22(21)29-30(37(38,39)35(29)43)28(23)24(25)15-27(41)49-19/h14,16-17,19-24,26,28-30,32-34,36H,8-13,15H2,1-7H3/t16-,17?,19+,20+,21-,22-,23+,24-,26+,28-,29+,30-,32+,33?,34?,36+/m1/s1. The molecule has 0 radical (unpaired) electrons. The van der Waals surface area contributed by atoms with Gasteiger partial charge in [-0.3, -0.25) is 19.2 Å². The van der Waals surface area contributed by atoms with Crippen molar-refractivity contribution < 1.29 is 52.3 Å². The number of hydrogen-bond acceptors (Lipinski definition) is 11. The Morgan fingerprint density at radius 3 is 2.30 bits per heavy atom. The van der Waals surface area contributed by atoms with Gasteiger partial charge in [-0.1, -0.05) is 43.1 Å². The topological polar surface area (TPSA) is 133 Å². The lowest BCUT2D eigenvalue weighted by molar-refractivity contribution is -0.314. The molecule has 2 saturated heterocycles. The first-order valence-corrected chi connectivity index (χ1v) is 19.0. The highest BCUT2D eigenvalue weighted by Crippen LogP contribution is 2.69. The molecule has 11 nitrogen and oxygen atoms in total. The second-order valence-corrected chi connectivity index (χ2v) is 16.6. The fourth-order valence-corrected chi connectivity index (χ4v) is 11.3. The number of ether oxygens (including phenoxy) is 7. The predicted molar refractivity (Wildman–Crippen MR) is 181 cm³/mol. The van der Waals surface area contributed by atoms with Crippen molar-refractivity contribution in [2.24, 2.45) is 47.3 Å². The first kappa shape index (κ1) is 38.1. The quantitative estimate of drug-likeness (QED) is 0.258. The van der Waals surface area contributed by atoms with Gasteiger partial charge in [0.1, 0.15) is 30.5 Å². The zero-order valence-electron chi connectivity index (χ0n) is 30.0. The van der Waals surface area contributed by atoms with Crippen molar-refractivity contribution in [2.45, 2.75) is 126 Å². The second-order valence-electron chi connectivity index (χ2n) is 15.2. The summed E-state index contributed by atoms with van der Waals surface area (Å²) in [7, 11) is 4.80. The summed E-state index contributed by atoms with van der Waals surface area (Å²) in [4.78, 5) is 53.9. The maximum Gasteiger partial charge on any atom is 0.306 e. The van der Waals surface area contributed by atoms with Crippen molar-refractivity contribution in [2.75, 3.05) is 21.3 Å². The number of methoxy groups -OCH3 is 3. The van der Waals surface area contributed by atoms with E-state index in [2.05, 4.69) is 0 Å². The van der Waals surface area contributed by atoms with Gasteiger partial charge in [-0.05, 0) is 74.7 Å². The molecule has 13 heteroatoms. The molecule has 6 rings (SSSR count). The number of hydrogen-bond donors (Lipinski definition) is 0. The molecule has 50 heavy (non-hydrogen) atoms. The number of cyclic esters (lactones) is 1. The Balaban J connectivity index is 1.33. The van der Waals surface area contributed by atoms with E-state index in [1.54, 1.807) is 28.3 Å². The van der Waals surface area contributed by atoms with Crippen LogP contribution in [0.25, 0.3) is 0 Å². The summed E-state index contributed by atoms with van der Waals surface area (Å²) in [6.45, 7) is 7.02. The second kappa shape index (κ2) is 15.0. The van der Waals surface area contributed by atoms with Gasteiger partial charge in [0.05, 0.1) is 24.5 Å². The number of fused-ring (bicyclic) bond motifs is 8. The number of allylic oxidation sites excluding steroid dienone is 2. The van der Waals surface area contributed by atoms with Crippen LogP contribution < -0.4 is 0 Å². The summed E-state index contributed by atoms with van der Waals surface area (Å²) in [6.07, 6.45) is 1.92. The van der Waals surface area contributed by atoms with Crippen molar-refractivity contribution in [1.82, 2.24) is 0 Å². The SMILES string of the molecule is CC[C@H]1CCC[C@H](OC(C)=O)[C@@H](C)C(=O)C2=C[C@H]3[C@@H]4C[C@H](O[C@@H]5OC(C)[C@H](OC)C(OC)C5OC)C[C@H]4[C@@H]4C(=O)C(Cl)(Cl)[C@@H]4[C@H]3[C@@H]2CC(=O)O1. The van der Waals surface area contributed by atoms with Crippen LogP contribution in [-0.2, 0) is 52.3 Å². The van der Waals surface area contributed by atoms with E-state index in [0.29, 0.717) is 44.1 Å². The molecule has 5 fully saturated rings. The minimum absolute atomic E-state index is 0.0266. The first-order chi connectivity index (χ1) is 23.8. The minimum atomic E-state index is -1.64. The van der Waals surface area contributed by atoms with E-state index in [-0.39, 0.29) is 72.0 Å². The highest BCUT2D eigenvalue weighted by molar-refractivity contribution is 6.60. The lowest BCUT2D eigenvalue weighted by Gasteiger charge is -2.59. The van der Waals surface area contributed by atoms with Crippen molar-refractivity contribution in [3.63, 3.8) is 0 Å². The van der Waals surface area contributed by atoms with Gasteiger partial charge in [-0.2, -0.15) is 0 Å². The van der Waals surface area contributed by atoms with Crippen LogP contribution in [-0.4, -0.2) is 98.2 Å². The van der Waals surface area contributed by atoms with Gasteiger partial charge in [0.25, 0.3) is 0 Å². The molecular formula is C37H52Cl2O11. The molecule has 2 heterocycles. The Morgan fingerprint density at radius 2 is 1.66 bits per heavy atom. The number of esters is 2. The van der Waals surface area contributed by atoms with Gasteiger partial charge in [-0.15, -0.1) is 0 Å². The highest BCUT2D eigenvalue weighted by atomic mass is 35.5. The normalized spacial score (nSPS) is 45.8. The summed E-state index contributed by atoms with van der Waals surface area (Å²) in [5.41, 5.74) is 0.514. The van der Waals surface area contributed by atoms with Gasteiger partial charge < -0.3 is 33.2 Å². The number of carbonyl (C=O) groups is 4. The molecule has 0 N–H and O–H groups in total. The molecule has 0 bridgehead atoms. The van der Waals surface area contributed by atoms with Gasteiger partial charge in [-0.25, -0.2) is 0 Å². The largest absolute Gasteiger partial charge is 0.462 e. The Bertz CT molecular complexity index is 1350. The summed E-state index contributed by atoms with van der Waals surface area (Å²) in [5.74, 6) is -3.93. The Kier molecular flexibility index (Phi) is 11.5. The van der Waals surface area contributed by atoms with Gasteiger partial charge in [0.2, 0.25) is 0 Å². The number of Topliss-reactive ketones (excluding diaryl/α,β-unsaturated/α-hetero) is 2. The summed E-state index contributed by atoms with van der Waals surface area (Å²) in [5, 5.41) is 0. The number of alkyl halides is 2. The average molecular weight is 744 g/mol. The molecule has 0 aromatic rings. The molecule has 6 aliphatic rings. The minimum Gasteiger partial charge on any atom is -0.462 e. The third-order valence-corrected chi connectivity index (χ3v) is 13.6. The van der Waals surface area contributed by atoms with E-state index in [4.69, 9.17) is 56.4 Å². The Labute approximate surface area is 304 Å². The molecular weight excluding hydrogens is 691 g/mol. The van der Waals surface area contributed by atoms with Gasteiger partial charge in [0.15, 0.2) is 22.2 Å². The van der Waals surface area contributed by atoms with Crippen LogP contribution in [0.4, 0.5) is 0 Å². The molecule has 0 aromatic carbocycles. The number of rotatable bonds is 7. The van der Waals surface area contributed by atoms with Crippen LogP contribution in [0.5, 0.6) is 0 Å². The smallest absolute Gasteiger partial charge is 0.306 e. The molecule has 0 aromatic heterocycles. The summed E-state index contributed by atoms with van der Waals surface area (Å²) < 4.78 is 40.2. The zero-order valence-corrected chi connectivity index (χ0v) is 31.5.